The third kappa shape index (κ3) is 6.14. The summed E-state index contributed by atoms with van der Waals surface area (Å²) >= 11 is 0. The number of ether oxygens (including phenoxy) is 1. The number of carboxylic acid groups (broad SMARTS) is 1. The molecule has 1 aliphatic rings. The molecule has 0 saturated carbocycles. The van der Waals surface area contributed by atoms with E-state index < -0.39 is 18.0 Å². The van der Waals surface area contributed by atoms with Crippen molar-refractivity contribution in [2.75, 3.05) is 6.54 Å². The fourth-order valence-corrected chi connectivity index (χ4v) is 2.72. The normalized spacial score (nSPS) is 18.2. The largest absolute Gasteiger partial charge is 0.481 e. The van der Waals surface area contributed by atoms with Gasteiger partial charge in [-0.1, -0.05) is 42.5 Å². The highest BCUT2D eigenvalue weighted by atomic mass is 16.5. The predicted molar refractivity (Wildman–Crippen MR) is 86.9 cm³/mol. The summed E-state index contributed by atoms with van der Waals surface area (Å²) in [5, 5.41) is 11.9. The quantitative estimate of drug-likeness (QED) is 0.756. The lowest BCUT2D eigenvalue weighted by Gasteiger charge is -2.22. The Hall–Kier alpha value is -2.30. The van der Waals surface area contributed by atoms with Crippen LogP contribution in [0.5, 0.6) is 0 Å². The van der Waals surface area contributed by atoms with Crippen LogP contribution >= 0.6 is 0 Å². The van der Waals surface area contributed by atoms with Crippen molar-refractivity contribution in [2.24, 2.45) is 11.8 Å². The summed E-state index contributed by atoms with van der Waals surface area (Å²) in [6.45, 7) is 0.279. The zero-order valence-electron chi connectivity index (χ0n) is 13.1. The average Bonchev–Trinajstić information content (AvgIpc) is 2.58. The van der Waals surface area contributed by atoms with E-state index in [-0.39, 0.29) is 13.2 Å². The summed E-state index contributed by atoms with van der Waals surface area (Å²) in [5.74, 6) is -1.07. The molecule has 0 heterocycles. The zero-order valence-corrected chi connectivity index (χ0v) is 13.1. The second-order valence-electron chi connectivity index (χ2n) is 5.86. The Kier molecular flexibility index (Phi) is 6.66. The number of nitrogens with one attached hydrogen (secondary N) is 1. The third-order valence-electron chi connectivity index (χ3n) is 4.05. The van der Waals surface area contributed by atoms with Crippen molar-refractivity contribution < 1.29 is 19.4 Å². The minimum absolute atomic E-state index is 0.100. The molecule has 0 aromatic heterocycles. The molecule has 1 aromatic rings. The van der Waals surface area contributed by atoms with Crippen molar-refractivity contribution in [1.82, 2.24) is 5.32 Å². The van der Waals surface area contributed by atoms with Crippen LogP contribution in [0.25, 0.3) is 0 Å². The lowest BCUT2D eigenvalue weighted by Crippen LogP contribution is -2.34. The SMILES string of the molecule is O=C(NCC(CC1CC=CCC1)C(=O)O)OCc1ccccc1. The molecule has 1 aliphatic carbocycles. The van der Waals surface area contributed by atoms with Crippen molar-refractivity contribution in [3.8, 4) is 0 Å². The average molecular weight is 317 g/mol. The van der Waals surface area contributed by atoms with Gasteiger partial charge < -0.3 is 15.2 Å². The molecule has 2 unspecified atom stereocenters. The first-order valence-electron chi connectivity index (χ1n) is 7.97. The summed E-state index contributed by atoms with van der Waals surface area (Å²) in [7, 11) is 0. The molecule has 23 heavy (non-hydrogen) atoms. The van der Waals surface area contributed by atoms with Crippen LogP contribution in [0.1, 0.15) is 31.2 Å². The number of hydrogen-bond donors (Lipinski definition) is 2. The monoisotopic (exact) mass is 317 g/mol. The molecule has 1 aromatic carbocycles. The van der Waals surface area contributed by atoms with Crippen LogP contribution < -0.4 is 5.32 Å². The first-order chi connectivity index (χ1) is 11.1. The molecule has 0 saturated heterocycles. The van der Waals surface area contributed by atoms with Gasteiger partial charge in [0.15, 0.2) is 0 Å². The van der Waals surface area contributed by atoms with Crippen molar-refractivity contribution >= 4 is 12.1 Å². The Morgan fingerprint density at radius 3 is 2.70 bits per heavy atom. The molecule has 1 amide bonds. The molecule has 5 nitrogen and oxygen atoms in total. The Morgan fingerprint density at radius 1 is 1.26 bits per heavy atom. The molecule has 0 spiro atoms. The van der Waals surface area contributed by atoms with Crippen LogP contribution in [0.3, 0.4) is 0 Å². The standard InChI is InChI=1S/C18H23NO4/c20-17(21)16(11-14-7-3-1-4-8-14)12-19-18(22)23-13-15-9-5-2-6-10-15/h1-3,5-6,9-10,14,16H,4,7-8,11-13H2,(H,19,22)(H,20,21). The lowest BCUT2D eigenvalue weighted by molar-refractivity contribution is -0.142. The van der Waals surface area contributed by atoms with Gasteiger partial charge in [0.05, 0.1) is 5.92 Å². The minimum Gasteiger partial charge on any atom is -0.481 e. The van der Waals surface area contributed by atoms with Crippen LogP contribution in [0, 0.1) is 11.8 Å². The maximum Gasteiger partial charge on any atom is 0.407 e. The van der Waals surface area contributed by atoms with E-state index in [4.69, 9.17) is 4.74 Å². The summed E-state index contributed by atoms with van der Waals surface area (Å²) in [6, 6.07) is 9.36. The van der Waals surface area contributed by atoms with Gasteiger partial charge in [0.1, 0.15) is 6.61 Å². The molecular weight excluding hydrogens is 294 g/mol. The number of carboxylic acids is 1. The van der Waals surface area contributed by atoms with Gasteiger partial charge in [0.25, 0.3) is 0 Å². The fourth-order valence-electron chi connectivity index (χ4n) is 2.72. The number of carbonyl (C=O) groups excluding carboxylic acids is 1. The van der Waals surface area contributed by atoms with E-state index in [0.717, 1.165) is 24.8 Å². The number of carbonyl (C=O) groups is 2. The van der Waals surface area contributed by atoms with Crippen LogP contribution in [0.4, 0.5) is 4.79 Å². The number of aliphatic carboxylic acids is 1. The number of allylic oxidation sites excluding steroid dienone is 2. The maximum atomic E-state index is 11.7. The summed E-state index contributed by atoms with van der Waals surface area (Å²) < 4.78 is 5.09. The van der Waals surface area contributed by atoms with Crippen molar-refractivity contribution in [1.29, 1.82) is 0 Å². The molecule has 0 aliphatic heterocycles. The molecule has 0 fully saturated rings. The van der Waals surface area contributed by atoms with Crippen molar-refractivity contribution in [3.05, 3.63) is 48.0 Å². The number of alkyl carbamates (subject to hydrolysis) is 1. The first-order valence-corrected chi connectivity index (χ1v) is 7.97. The van der Waals surface area contributed by atoms with Gasteiger partial charge in [-0.3, -0.25) is 4.79 Å². The van der Waals surface area contributed by atoms with Gasteiger partial charge in [-0.05, 0) is 37.2 Å². The molecule has 124 valence electrons. The Bertz CT molecular complexity index is 541. The molecule has 0 radical (unpaired) electrons. The number of amides is 1. The van der Waals surface area contributed by atoms with Crippen LogP contribution in [0.2, 0.25) is 0 Å². The Labute approximate surface area is 136 Å². The second kappa shape index (κ2) is 8.98. The minimum atomic E-state index is -0.872. The van der Waals surface area contributed by atoms with Gasteiger partial charge in [-0.25, -0.2) is 4.79 Å². The highest BCUT2D eigenvalue weighted by molar-refractivity contribution is 5.72. The van der Waals surface area contributed by atoms with Crippen molar-refractivity contribution in [3.63, 3.8) is 0 Å². The summed E-state index contributed by atoms with van der Waals surface area (Å²) in [6.07, 6.45) is 7.17. The Morgan fingerprint density at radius 2 is 2.04 bits per heavy atom. The smallest absolute Gasteiger partial charge is 0.407 e. The van der Waals surface area contributed by atoms with Crippen molar-refractivity contribution in [2.45, 2.75) is 32.3 Å². The summed E-state index contributed by atoms with van der Waals surface area (Å²) in [4.78, 5) is 23.1. The maximum absolute atomic E-state index is 11.7. The van der Waals surface area contributed by atoms with Gasteiger partial charge in [0.2, 0.25) is 0 Å². The van der Waals surface area contributed by atoms with E-state index in [1.54, 1.807) is 0 Å². The Balaban J connectivity index is 1.73. The first kappa shape index (κ1) is 17.1. The van der Waals surface area contributed by atoms with Gasteiger partial charge in [-0.2, -0.15) is 0 Å². The molecule has 2 atom stereocenters. The molecule has 2 rings (SSSR count). The highest BCUT2D eigenvalue weighted by Gasteiger charge is 2.23. The van der Waals surface area contributed by atoms with Crippen LogP contribution in [-0.2, 0) is 16.1 Å². The number of benzene rings is 1. The predicted octanol–water partition coefficient (Wildman–Crippen LogP) is 3.36. The molecule has 5 heteroatoms. The summed E-state index contributed by atoms with van der Waals surface area (Å²) in [5.41, 5.74) is 0.895. The van der Waals surface area contributed by atoms with Crippen LogP contribution in [-0.4, -0.2) is 23.7 Å². The van der Waals surface area contributed by atoms with Gasteiger partial charge in [0, 0.05) is 6.54 Å². The zero-order chi connectivity index (χ0) is 16.5. The number of hydrogen-bond acceptors (Lipinski definition) is 3. The number of rotatable bonds is 7. The third-order valence-corrected chi connectivity index (χ3v) is 4.05. The van der Waals surface area contributed by atoms with Gasteiger partial charge in [-0.15, -0.1) is 0 Å². The van der Waals surface area contributed by atoms with Crippen LogP contribution in [0.15, 0.2) is 42.5 Å². The van der Waals surface area contributed by atoms with E-state index in [1.165, 1.54) is 0 Å². The topological polar surface area (TPSA) is 75.6 Å². The lowest BCUT2D eigenvalue weighted by atomic mass is 9.86. The molecule has 0 bridgehead atoms. The molecular formula is C18H23NO4. The second-order valence-corrected chi connectivity index (χ2v) is 5.86. The molecule has 2 N–H and O–H groups in total. The van der Waals surface area contributed by atoms with E-state index in [2.05, 4.69) is 17.5 Å². The van der Waals surface area contributed by atoms with E-state index >= 15 is 0 Å². The van der Waals surface area contributed by atoms with E-state index in [9.17, 15) is 14.7 Å². The highest BCUT2D eigenvalue weighted by Crippen LogP contribution is 2.25. The van der Waals surface area contributed by atoms with E-state index in [0.29, 0.717) is 12.3 Å². The van der Waals surface area contributed by atoms with E-state index in [1.807, 2.05) is 30.3 Å². The van der Waals surface area contributed by atoms with Gasteiger partial charge >= 0.3 is 12.1 Å². The fraction of sp³-hybridized carbons (Fsp3) is 0.444.